The van der Waals surface area contributed by atoms with E-state index in [-0.39, 0.29) is 29.7 Å². The number of carbonyl (C=O) groups is 2. The number of nitrogens with zero attached hydrogens (tertiary/aromatic N) is 2. The van der Waals surface area contributed by atoms with Crippen molar-refractivity contribution in [2.24, 2.45) is 5.92 Å². The average Bonchev–Trinajstić information content (AvgIpc) is 3.08. The predicted molar refractivity (Wildman–Crippen MR) is 102 cm³/mol. The minimum atomic E-state index is -0.387. The molecule has 0 bridgehead atoms. The predicted octanol–water partition coefficient (Wildman–Crippen LogP) is 1.42. The number of aromatic nitrogens is 1. The Labute approximate surface area is 157 Å². The lowest BCUT2D eigenvalue weighted by Crippen LogP contribution is -2.34. The largest absolute Gasteiger partial charge is 0.495 e. The van der Waals surface area contributed by atoms with Crippen LogP contribution in [0, 0.1) is 5.92 Å². The van der Waals surface area contributed by atoms with Gasteiger partial charge in [-0.2, -0.15) is 0 Å². The summed E-state index contributed by atoms with van der Waals surface area (Å²) in [6.45, 7) is 1.33. The summed E-state index contributed by atoms with van der Waals surface area (Å²) in [4.78, 5) is 38.0. The van der Waals surface area contributed by atoms with Gasteiger partial charge in [0.05, 0.1) is 18.7 Å². The summed E-state index contributed by atoms with van der Waals surface area (Å²) in [5, 5.41) is 2.87. The molecule has 2 heterocycles. The van der Waals surface area contributed by atoms with Crippen molar-refractivity contribution in [1.29, 1.82) is 0 Å². The highest BCUT2D eigenvalue weighted by Crippen LogP contribution is 2.32. The number of amides is 2. The third-order valence-corrected chi connectivity index (χ3v) is 4.65. The molecule has 3 rings (SSSR count). The van der Waals surface area contributed by atoms with E-state index >= 15 is 0 Å². The number of nitrogens with one attached hydrogen (secondary N) is 1. The molecule has 0 saturated carbocycles. The van der Waals surface area contributed by atoms with Crippen molar-refractivity contribution in [2.75, 3.05) is 25.1 Å². The number of benzene rings is 1. The van der Waals surface area contributed by atoms with Crippen LogP contribution in [0.5, 0.6) is 5.75 Å². The van der Waals surface area contributed by atoms with Crippen LogP contribution >= 0.6 is 0 Å². The van der Waals surface area contributed by atoms with E-state index in [4.69, 9.17) is 4.74 Å². The number of carbonyl (C=O) groups excluding carboxylic acids is 2. The van der Waals surface area contributed by atoms with Crippen LogP contribution < -0.4 is 20.5 Å². The number of aryl methyl sites for hydroxylation is 1. The van der Waals surface area contributed by atoms with E-state index < -0.39 is 0 Å². The highest BCUT2D eigenvalue weighted by molar-refractivity contribution is 6.01. The Hall–Kier alpha value is -3.09. The Morgan fingerprint density at radius 2 is 1.96 bits per heavy atom. The van der Waals surface area contributed by atoms with Crippen molar-refractivity contribution in [2.45, 2.75) is 19.4 Å². The van der Waals surface area contributed by atoms with E-state index in [1.165, 1.54) is 6.07 Å². The number of hydrogen-bond donors (Lipinski definition) is 1. The zero-order valence-electron chi connectivity index (χ0n) is 15.3. The van der Waals surface area contributed by atoms with Crippen molar-refractivity contribution >= 4 is 17.5 Å². The first-order valence-corrected chi connectivity index (χ1v) is 8.96. The van der Waals surface area contributed by atoms with Gasteiger partial charge in [-0.25, -0.2) is 0 Å². The third kappa shape index (κ3) is 4.36. The second kappa shape index (κ2) is 8.53. The maximum Gasteiger partial charge on any atom is 0.250 e. The molecule has 27 heavy (non-hydrogen) atoms. The topological polar surface area (TPSA) is 80.6 Å². The Balaban J connectivity index is 1.52. The van der Waals surface area contributed by atoms with Crippen LogP contribution in [0.15, 0.2) is 53.5 Å². The Bertz CT molecular complexity index is 877. The van der Waals surface area contributed by atoms with Gasteiger partial charge in [-0.3, -0.25) is 14.4 Å². The lowest BCUT2D eigenvalue weighted by atomic mass is 10.1. The number of para-hydroxylation sites is 2. The number of methoxy groups -OCH3 is 1. The molecule has 2 aromatic rings. The van der Waals surface area contributed by atoms with Gasteiger partial charge < -0.3 is 19.5 Å². The summed E-state index contributed by atoms with van der Waals surface area (Å²) >= 11 is 0. The molecular formula is C20H23N3O4. The van der Waals surface area contributed by atoms with Gasteiger partial charge in [0.2, 0.25) is 17.4 Å². The number of rotatable bonds is 7. The molecule has 1 aromatic carbocycles. The highest BCUT2D eigenvalue weighted by Gasteiger charge is 2.35. The van der Waals surface area contributed by atoms with Crippen LogP contribution in [0.25, 0.3) is 0 Å². The van der Waals surface area contributed by atoms with Crippen LogP contribution in [0.4, 0.5) is 5.69 Å². The SMILES string of the molecule is COc1ccccc1N1C[C@@H](C(=O)NCCCn2ccccc2=O)CC1=O. The van der Waals surface area contributed by atoms with E-state index in [9.17, 15) is 14.4 Å². The van der Waals surface area contributed by atoms with Gasteiger partial charge in [0.25, 0.3) is 0 Å². The minimum absolute atomic E-state index is 0.0577. The molecule has 142 valence electrons. The molecule has 1 N–H and O–H groups in total. The number of anilines is 1. The van der Waals surface area contributed by atoms with E-state index in [2.05, 4.69) is 5.32 Å². The molecule has 0 radical (unpaired) electrons. The van der Waals surface area contributed by atoms with Gasteiger partial charge in [-0.05, 0) is 24.6 Å². The van der Waals surface area contributed by atoms with E-state index in [1.54, 1.807) is 41.0 Å². The van der Waals surface area contributed by atoms with Gasteiger partial charge in [0, 0.05) is 38.3 Å². The molecule has 0 unspecified atom stereocenters. The first kappa shape index (κ1) is 18.7. The van der Waals surface area contributed by atoms with Crippen molar-refractivity contribution in [1.82, 2.24) is 9.88 Å². The van der Waals surface area contributed by atoms with Crippen LogP contribution in [-0.4, -0.2) is 36.6 Å². The fourth-order valence-corrected chi connectivity index (χ4v) is 3.22. The molecule has 1 saturated heterocycles. The zero-order chi connectivity index (χ0) is 19.2. The van der Waals surface area contributed by atoms with Crippen LogP contribution in [0.2, 0.25) is 0 Å². The smallest absolute Gasteiger partial charge is 0.250 e. The van der Waals surface area contributed by atoms with Crippen molar-refractivity contribution < 1.29 is 14.3 Å². The quantitative estimate of drug-likeness (QED) is 0.749. The van der Waals surface area contributed by atoms with E-state index in [0.717, 1.165) is 0 Å². The molecule has 2 amide bonds. The van der Waals surface area contributed by atoms with Gasteiger partial charge in [0.15, 0.2) is 0 Å². The lowest BCUT2D eigenvalue weighted by Gasteiger charge is -2.19. The molecule has 1 atom stereocenters. The third-order valence-electron chi connectivity index (χ3n) is 4.65. The van der Waals surface area contributed by atoms with Crippen LogP contribution in [0.3, 0.4) is 0 Å². The second-order valence-corrected chi connectivity index (χ2v) is 6.45. The number of ether oxygens (including phenoxy) is 1. The van der Waals surface area contributed by atoms with Crippen molar-refractivity contribution in [3.63, 3.8) is 0 Å². The number of pyridine rings is 1. The summed E-state index contributed by atoms with van der Waals surface area (Å²) in [6, 6.07) is 12.3. The fraction of sp³-hybridized carbons (Fsp3) is 0.350. The maximum atomic E-state index is 12.4. The molecular weight excluding hydrogens is 346 g/mol. The van der Waals surface area contributed by atoms with Gasteiger partial charge in [-0.15, -0.1) is 0 Å². The summed E-state index contributed by atoms with van der Waals surface area (Å²) in [7, 11) is 1.56. The maximum absolute atomic E-state index is 12.4. The molecule has 1 aliphatic rings. The van der Waals surface area contributed by atoms with E-state index in [1.807, 2.05) is 18.2 Å². The minimum Gasteiger partial charge on any atom is -0.495 e. The summed E-state index contributed by atoms with van der Waals surface area (Å²) < 4.78 is 6.92. The summed E-state index contributed by atoms with van der Waals surface area (Å²) in [5.41, 5.74) is 0.626. The average molecular weight is 369 g/mol. The fourth-order valence-electron chi connectivity index (χ4n) is 3.22. The molecule has 1 aromatic heterocycles. The van der Waals surface area contributed by atoms with E-state index in [0.29, 0.717) is 37.5 Å². The van der Waals surface area contributed by atoms with Gasteiger partial charge >= 0.3 is 0 Å². The standard InChI is InChI=1S/C20H23N3O4/c1-27-17-8-3-2-7-16(17)23-14-15(13-19(23)25)20(26)21-10-6-12-22-11-5-4-9-18(22)24/h2-5,7-9,11,15H,6,10,12-14H2,1H3,(H,21,26)/t15-/m0/s1. The normalized spacial score (nSPS) is 16.4. The Morgan fingerprint density at radius 1 is 1.19 bits per heavy atom. The molecule has 1 aliphatic heterocycles. The highest BCUT2D eigenvalue weighted by atomic mass is 16.5. The monoisotopic (exact) mass is 369 g/mol. The first-order valence-electron chi connectivity index (χ1n) is 8.96. The van der Waals surface area contributed by atoms with Crippen molar-refractivity contribution in [3.05, 3.63) is 59.0 Å². The molecule has 1 fully saturated rings. The van der Waals surface area contributed by atoms with Crippen LogP contribution in [0.1, 0.15) is 12.8 Å². The van der Waals surface area contributed by atoms with Crippen LogP contribution in [-0.2, 0) is 16.1 Å². The lowest BCUT2D eigenvalue weighted by molar-refractivity contribution is -0.126. The molecule has 7 heteroatoms. The van der Waals surface area contributed by atoms with Gasteiger partial charge in [0.1, 0.15) is 5.75 Å². The van der Waals surface area contributed by atoms with Crippen molar-refractivity contribution in [3.8, 4) is 5.75 Å². The molecule has 0 spiro atoms. The Morgan fingerprint density at radius 3 is 2.74 bits per heavy atom. The molecule has 7 nitrogen and oxygen atoms in total. The zero-order valence-corrected chi connectivity index (χ0v) is 15.3. The first-order chi connectivity index (χ1) is 13.1. The summed E-state index contributed by atoms with van der Waals surface area (Å²) in [5.74, 6) is -0.00119. The number of hydrogen-bond acceptors (Lipinski definition) is 4. The Kier molecular flexibility index (Phi) is 5.90. The summed E-state index contributed by atoms with van der Waals surface area (Å²) in [6.07, 6.45) is 2.56. The van der Waals surface area contributed by atoms with Gasteiger partial charge in [-0.1, -0.05) is 18.2 Å². The molecule has 0 aliphatic carbocycles. The second-order valence-electron chi connectivity index (χ2n) is 6.45.